The molecule has 1 aliphatic heterocycles. The number of hydrogen-bond acceptors (Lipinski definition) is 6. The maximum atomic E-state index is 15.1. The Morgan fingerprint density at radius 1 is 1.10 bits per heavy atom. The minimum Gasteiger partial charge on any atom is -0.452 e. The quantitative estimate of drug-likeness (QED) is 0.264. The number of hydrogen-bond donors (Lipinski definition) is 3. The first-order chi connectivity index (χ1) is 19.4. The fourth-order valence-corrected chi connectivity index (χ4v) is 4.66. The van der Waals surface area contributed by atoms with Gasteiger partial charge in [-0.05, 0) is 92.0 Å². The molecule has 2 aromatic heterocycles. The van der Waals surface area contributed by atoms with Crippen molar-refractivity contribution in [3.63, 3.8) is 0 Å². The predicted octanol–water partition coefficient (Wildman–Crippen LogP) is 5.21. The average molecular weight is 544 g/mol. The number of piperidine rings is 1. The molecule has 204 valence electrons. The van der Waals surface area contributed by atoms with Crippen molar-refractivity contribution in [3.05, 3.63) is 112 Å². The zero-order valence-corrected chi connectivity index (χ0v) is 21.5. The van der Waals surface area contributed by atoms with Crippen LogP contribution in [0.15, 0.2) is 77.9 Å². The number of nitrogens with zero attached hydrogens (tertiary/aromatic N) is 2. The first-order valence-corrected chi connectivity index (χ1v) is 12.9. The summed E-state index contributed by atoms with van der Waals surface area (Å²) in [5.74, 6) is -1.26. The van der Waals surface area contributed by atoms with Crippen LogP contribution in [0.1, 0.15) is 40.4 Å². The molecule has 1 aliphatic rings. The molecule has 8 nitrogen and oxygen atoms in total. The molecular weight excluding hydrogens is 516 g/mol. The van der Waals surface area contributed by atoms with Crippen molar-refractivity contribution in [1.29, 1.82) is 5.41 Å². The number of halogens is 2. The van der Waals surface area contributed by atoms with Crippen molar-refractivity contribution in [2.75, 3.05) is 18.4 Å². The van der Waals surface area contributed by atoms with Crippen molar-refractivity contribution in [2.24, 2.45) is 0 Å². The number of benzene rings is 2. The minimum atomic E-state index is -0.721. The molecule has 2 aromatic carbocycles. The number of pyridine rings is 2. The maximum absolute atomic E-state index is 15.1. The standard InChI is InChI=1S/C30H27F2N5O3/c31-21-3-6-23(7-4-21)37-15-1-2-24(30(37)39)29(38)36-22-5-8-27(25(32)17-22)40-28-16-20(18-35-26(28)9-12-33)19-10-13-34-14-11-19/h1-8,12,15-19,33-34H,9-11,13-14H2,(H,36,38). The van der Waals surface area contributed by atoms with Gasteiger partial charge in [0.15, 0.2) is 11.6 Å². The monoisotopic (exact) mass is 543 g/mol. The number of rotatable bonds is 8. The number of nitrogens with one attached hydrogen (secondary N) is 3. The van der Waals surface area contributed by atoms with Gasteiger partial charge in [-0.3, -0.25) is 19.1 Å². The van der Waals surface area contributed by atoms with Gasteiger partial charge in [-0.25, -0.2) is 8.78 Å². The summed E-state index contributed by atoms with van der Waals surface area (Å²) in [6.07, 6.45) is 6.64. The molecule has 4 aromatic rings. The highest BCUT2D eigenvalue weighted by Gasteiger charge is 2.19. The Morgan fingerprint density at radius 2 is 1.88 bits per heavy atom. The summed E-state index contributed by atoms with van der Waals surface area (Å²) < 4.78 is 35.5. The van der Waals surface area contributed by atoms with Crippen LogP contribution in [0.4, 0.5) is 14.5 Å². The molecule has 10 heteroatoms. The van der Waals surface area contributed by atoms with E-state index in [0.717, 1.165) is 37.6 Å². The second-order valence-electron chi connectivity index (χ2n) is 9.42. The molecule has 3 heterocycles. The van der Waals surface area contributed by atoms with Gasteiger partial charge in [0.05, 0.1) is 5.69 Å². The van der Waals surface area contributed by atoms with E-state index < -0.39 is 23.1 Å². The highest BCUT2D eigenvalue weighted by molar-refractivity contribution is 6.04. The molecule has 1 saturated heterocycles. The van der Waals surface area contributed by atoms with Gasteiger partial charge in [-0.1, -0.05) is 0 Å². The van der Waals surface area contributed by atoms with E-state index in [1.165, 1.54) is 65.5 Å². The lowest BCUT2D eigenvalue weighted by Crippen LogP contribution is -2.27. The zero-order chi connectivity index (χ0) is 28.1. The second-order valence-corrected chi connectivity index (χ2v) is 9.42. The molecule has 1 fully saturated rings. The molecule has 0 radical (unpaired) electrons. The Morgan fingerprint density at radius 3 is 2.60 bits per heavy atom. The number of ether oxygens (including phenoxy) is 1. The minimum absolute atomic E-state index is 0.0631. The number of carbonyl (C=O) groups is 1. The van der Waals surface area contributed by atoms with E-state index in [-0.39, 0.29) is 23.4 Å². The lowest BCUT2D eigenvalue weighted by Gasteiger charge is -2.23. The molecule has 0 unspecified atom stereocenters. The molecular formula is C30H27F2N5O3. The summed E-state index contributed by atoms with van der Waals surface area (Å²) in [7, 11) is 0. The highest BCUT2D eigenvalue weighted by Crippen LogP contribution is 2.33. The molecule has 0 spiro atoms. The molecule has 0 saturated carbocycles. The van der Waals surface area contributed by atoms with E-state index in [1.807, 2.05) is 6.07 Å². The van der Waals surface area contributed by atoms with Crippen LogP contribution in [0, 0.1) is 17.0 Å². The molecule has 0 bridgehead atoms. The summed E-state index contributed by atoms with van der Waals surface area (Å²) in [4.78, 5) is 30.3. The van der Waals surface area contributed by atoms with Crippen LogP contribution in [0.5, 0.6) is 11.5 Å². The van der Waals surface area contributed by atoms with E-state index >= 15 is 4.39 Å². The average Bonchev–Trinajstić information content (AvgIpc) is 2.96. The van der Waals surface area contributed by atoms with E-state index in [0.29, 0.717) is 23.0 Å². The van der Waals surface area contributed by atoms with Crippen molar-refractivity contribution < 1.29 is 18.3 Å². The largest absolute Gasteiger partial charge is 0.452 e. The Bertz CT molecular complexity index is 1600. The second kappa shape index (κ2) is 12.0. The van der Waals surface area contributed by atoms with Crippen LogP contribution in [-0.4, -0.2) is 34.8 Å². The Labute approximate surface area is 229 Å². The summed E-state index contributed by atoms with van der Waals surface area (Å²) >= 11 is 0. The Balaban J connectivity index is 1.35. The van der Waals surface area contributed by atoms with Crippen LogP contribution in [0.25, 0.3) is 5.69 Å². The number of amides is 1. The summed E-state index contributed by atoms with van der Waals surface area (Å²) in [5.41, 5.74) is 1.29. The van der Waals surface area contributed by atoms with Crippen LogP contribution in [-0.2, 0) is 6.42 Å². The van der Waals surface area contributed by atoms with E-state index in [9.17, 15) is 14.0 Å². The van der Waals surface area contributed by atoms with Gasteiger partial charge in [0.2, 0.25) is 0 Å². The lowest BCUT2D eigenvalue weighted by atomic mass is 9.91. The van der Waals surface area contributed by atoms with Crippen LogP contribution < -0.4 is 20.9 Å². The third-order valence-electron chi connectivity index (χ3n) is 6.76. The van der Waals surface area contributed by atoms with Gasteiger partial charge < -0.3 is 20.8 Å². The Hall–Kier alpha value is -4.70. The van der Waals surface area contributed by atoms with Crippen LogP contribution in [0.2, 0.25) is 0 Å². The van der Waals surface area contributed by atoms with Gasteiger partial charge >= 0.3 is 0 Å². The van der Waals surface area contributed by atoms with Gasteiger partial charge in [-0.2, -0.15) is 0 Å². The van der Waals surface area contributed by atoms with Gasteiger partial charge in [0, 0.05) is 42.5 Å². The number of aromatic nitrogens is 2. The van der Waals surface area contributed by atoms with Gasteiger partial charge in [0.1, 0.15) is 17.1 Å². The van der Waals surface area contributed by atoms with E-state index in [1.54, 1.807) is 6.20 Å². The van der Waals surface area contributed by atoms with Gasteiger partial charge in [0.25, 0.3) is 11.5 Å². The normalized spacial score (nSPS) is 13.6. The topological polar surface area (TPSA) is 109 Å². The van der Waals surface area contributed by atoms with E-state index in [4.69, 9.17) is 10.1 Å². The lowest BCUT2D eigenvalue weighted by molar-refractivity contribution is 0.102. The van der Waals surface area contributed by atoms with Crippen molar-refractivity contribution in [1.82, 2.24) is 14.9 Å². The van der Waals surface area contributed by atoms with Crippen LogP contribution in [0.3, 0.4) is 0 Å². The summed E-state index contributed by atoms with van der Waals surface area (Å²) in [5, 5.41) is 13.4. The predicted molar refractivity (Wildman–Crippen MR) is 148 cm³/mol. The molecule has 0 aliphatic carbocycles. The van der Waals surface area contributed by atoms with Gasteiger partial charge in [-0.15, -0.1) is 0 Å². The molecule has 3 N–H and O–H groups in total. The van der Waals surface area contributed by atoms with Crippen molar-refractivity contribution >= 4 is 17.8 Å². The van der Waals surface area contributed by atoms with Crippen molar-refractivity contribution in [2.45, 2.75) is 25.2 Å². The molecule has 0 atom stereocenters. The highest BCUT2D eigenvalue weighted by atomic mass is 19.1. The third kappa shape index (κ3) is 5.97. The zero-order valence-electron chi connectivity index (χ0n) is 21.5. The fourth-order valence-electron chi connectivity index (χ4n) is 4.66. The first kappa shape index (κ1) is 26.9. The first-order valence-electron chi connectivity index (χ1n) is 12.9. The maximum Gasteiger partial charge on any atom is 0.267 e. The summed E-state index contributed by atoms with van der Waals surface area (Å²) in [6, 6.07) is 14.0. The molecule has 5 rings (SSSR count). The summed E-state index contributed by atoms with van der Waals surface area (Å²) in [6.45, 7) is 1.82. The smallest absolute Gasteiger partial charge is 0.267 e. The molecule has 1 amide bonds. The van der Waals surface area contributed by atoms with Crippen molar-refractivity contribution in [3.8, 4) is 17.2 Å². The third-order valence-corrected chi connectivity index (χ3v) is 6.76. The van der Waals surface area contributed by atoms with Crippen LogP contribution >= 0.6 is 0 Å². The Kier molecular flexibility index (Phi) is 8.07. The fraction of sp³-hybridized carbons (Fsp3) is 0.200. The van der Waals surface area contributed by atoms with E-state index in [2.05, 4.69) is 15.6 Å². The SMILES string of the molecule is N=CCc1ncc(C2CCNCC2)cc1Oc1ccc(NC(=O)c2cccn(-c3ccc(F)cc3)c2=O)cc1F. The molecule has 40 heavy (non-hydrogen) atoms. The number of anilines is 1. The number of carbonyl (C=O) groups excluding carboxylic acids is 1.